The van der Waals surface area contributed by atoms with Gasteiger partial charge in [0.1, 0.15) is 11.5 Å². The standard InChI is InChI=1S/C19H14F4N6O2/c1-9-12(4-3-10(14(9)20)18(30)31-2)27-16-17-25-8-13(29(17)6-5-24-16)11-7-26-28-15(11)19(21,22)23/h3-8H,1-2H3,(H,24,27)(H,26,28). The first-order valence-electron chi connectivity index (χ1n) is 8.79. The van der Waals surface area contributed by atoms with Crippen LogP contribution in [0, 0.1) is 12.7 Å². The van der Waals surface area contributed by atoms with Crippen LogP contribution in [0.2, 0.25) is 0 Å². The molecule has 0 saturated carbocycles. The quantitative estimate of drug-likeness (QED) is 0.371. The summed E-state index contributed by atoms with van der Waals surface area (Å²) in [6.07, 6.45) is 0.507. The van der Waals surface area contributed by atoms with E-state index in [0.717, 1.165) is 13.3 Å². The topological polar surface area (TPSA) is 97.2 Å². The van der Waals surface area contributed by atoms with E-state index in [2.05, 4.69) is 25.1 Å². The van der Waals surface area contributed by atoms with E-state index in [1.54, 1.807) is 0 Å². The van der Waals surface area contributed by atoms with Crippen LogP contribution in [0.1, 0.15) is 21.6 Å². The Labute approximate surface area is 171 Å². The van der Waals surface area contributed by atoms with Crippen molar-refractivity contribution in [1.82, 2.24) is 24.6 Å². The van der Waals surface area contributed by atoms with Crippen molar-refractivity contribution in [3.05, 3.63) is 59.6 Å². The Kier molecular flexibility index (Phi) is 4.84. The summed E-state index contributed by atoms with van der Waals surface area (Å²) < 4.78 is 60.2. The fourth-order valence-electron chi connectivity index (χ4n) is 3.12. The van der Waals surface area contributed by atoms with Crippen LogP contribution in [0.25, 0.3) is 16.9 Å². The molecular weight excluding hydrogens is 420 g/mol. The van der Waals surface area contributed by atoms with Crippen molar-refractivity contribution in [2.75, 3.05) is 12.4 Å². The maximum atomic E-state index is 14.6. The van der Waals surface area contributed by atoms with Gasteiger partial charge in [0.2, 0.25) is 0 Å². The number of anilines is 2. The number of hydrogen-bond donors (Lipinski definition) is 2. The highest BCUT2D eigenvalue weighted by Crippen LogP contribution is 2.36. The zero-order valence-electron chi connectivity index (χ0n) is 16.1. The van der Waals surface area contributed by atoms with Gasteiger partial charge in [-0.3, -0.25) is 9.50 Å². The van der Waals surface area contributed by atoms with Gasteiger partial charge in [-0.05, 0) is 19.1 Å². The van der Waals surface area contributed by atoms with E-state index in [1.807, 2.05) is 5.10 Å². The minimum Gasteiger partial charge on any atom is -0.465 e. The molecule has 0 aliphatic rings. The molecule has 0 amide bonds. The van der Waals surface area contributed by atoms with Crippen molar-refractivity contribution in [2.45, 2.75) is 13.1 Å². The number of methoxy groups -OCH3 is 1. The number of esters is 1. The summed E-state index contributed by atoms with van der Waals surface area (Å²) in [5.74, 6) is -1.40. The summed E-state index contributed by atoms with van der Waals surface area (Å²) in [6.45, 7) is 1.46. The molecule has 0 aliphatic heterocycles. The molecule has 0 aliphatic carbocycles. The average Bonchev–Trinajstić information content (AvgIpc) is 3.38. The van der Waals surface area contributed by atoms with Gasteiger partial charge in [0.05, 0.1) is 36.3 Å². The molecule has 160 valence electrons. The van der Waals surface area contributed by atoms with Crippen LogP contribution >= 0.6 is 0 Å². The molecule has 0 fully saturated rings. The van der Waals surface area contributed by atoms with E-state index in [1.165, 1.54) is 42.0 Å². The van der Waals surface area contributed by atoms with Gasteiger partial charge in [0.15, 0.2) is 11.5 Å². The lowest BCUT2D eigenvalue weighted by molar-refractivity contribution is -0.140. The normalized spacial score (nSPS) is 11.7. The van der Waals surface area contributed by atoms with E-state index in [4.69, 9.17) is 0 Å². The van der Waals surface area contributed by atoms with Gasteiger partial charge >= 0.3 is 12.1 Å². The number of rotatable bonds is 4. The molecule has 8 nitrogen and oxygen atoms in total. The molecule has 0 spiro atoms. The summed E-state index contributed by atoms with van der Waals surface area (Å²) in [5.41, 5.74) is -0.616. The van der Waals surface area contributed by atoms with Crippen LogP contribution in [-0.4, -0.2) is 37.6 Å². The smallest absolute Gasteiger partial charge is 0.433 e. The molecule has 3 aromatic heterocycles. The van der Waals surface area contributed by atoms with Crippen LogP contribution < -0.4 is 5.32 Å². The fraction of sp³-hybridized carbons (Fsp3) is 0.158. The average molecular weight is 434 g/mol. The number of aromatic nitrogens is 5. The third-order valence-corrected chi connectivity index (χ3v) is 4.67. The third kappa shape index (κ3) is 3.45. The number of nitrogens with one attached hydrogen (secondary N) is 2. The second-order valence-electron chi connectivity index (χ2n) is 6.49. The molecule has 2 N–H and O–H groups in total. The van der Waals surface area contributed by atoms with Gasteiger partial charge in [0.25, 0.3) is 0 Å². The number of alkyl halides is 3. The highest BCUT2D eigenvalue weighted by Gasteiger charge is 2.36. The lowest BCUT2D eigenvalue weighted by atomic mass is 10.1. The number of hydrogen-bond acceptors (Lipinski definition) is 6. The highest BCUT2D eigenvalue weighted by molar-refractivity contribution is 5.91. The molecule has 4 aromatic rings. The molecule has 0 saturated heterocycles. The van der Waals surface area contributed by atoms with Crippen molar-refractivity contribution in [1.29, 1.82) is 0 Å². The molecular formula is C19H14F4N6O2. The van der Waals surface area contributed by atoms with Gasteiger partial charge in [-0.1, -0.05) is 0 Å². The van der Waals surface area contributed by atoms with Crippen molar-refractivity contribution >= 4 is 23.1 Å². The number of H-pyrrole nitrogens is 1. The van der Waals surface area contributed by atoms with E-state index in [9.17, 15) is 22.4 Å². The molecule has 0 atom stereocenters. The molecule has 0 unspecified atom stereocenters. The first-order chi connectivity index (χ1) is 14.7. The monoisotopic (exact) mass is 434 g/mol. The van der Waals surface area contributed by atoms with Crippen LogP contribution in [0.4, 0.5) is 29.1 Å². The number of fused-ring (bicyclic) bond motifs is 1. The Bertz CT molecular complexity index is 1290. The van der Waals surface area contributed by atoms with Crippen LogP contribution in [-0.2, 0) is 10.9 Å². The Balaban J connectivity index is 1.76. The number of halogens is 4. The van der Waals surface area contributed by atoms with Crippen LogP contribution in [0.5, 0.6) is 0 Å². The van der Waals surface area contributed by atoms with Gasteiger partial charge in [0, 0.05) is 23.6 Å². The number of aromatic amines is 1. The van der Waals surface area contributed by atoms with Gasteiger partial charge < -0.3 is 10.1 Å². The second kappa shape index (κ2) is 7.38. The zero-order valence-corrected chi connectivity index (χ0v) is 16.1. The van der Waals surface area contributed by atoms with Crippen LogP contribution in [0.15, 0.2) is 36.9 Å². The van der Waals surface area contributed by atoms with E-state index >= 15 is 0 Å². The number of carbonyl (C=O) groups is 1. The predicted molar refractivity (Wildman–Crippen MR) is 101 cm³/mol. The third-order valence-electron chi connectivity index (χ3n) is 4.67. The summed E-state index contributed by atoms with van der Waals surface area (Å²) >= 11 is 0. The van der Waals surface area contributed by atoms with Gasteiger partial charge in [-0.2, -0.15) is 18.3 Å². The first-order valence-corrected chi connectivity index (χ1v) is 8.79. The summed E-state index contributed by atoms with van der Waals surface area (Å²) in [5, 5.41) is 8.37. The maximum Gasteiger partial charge on any atom is 0.433 e. The van der Waals surface area contributed by atoms with E-state index < -0.39 is 23.7 Å². The first kappa shape index (κ1) is 20.3. The fourth-order valence-corrected chi connectivity index (χ4v) is 3.12. The summed E-state index contributed by atoms with van der Waals surface area (Å²) in [4.78, 5) is 20.0. The molecule has 0 bridgehead atoms. The van der Waals surface area contributed by atoms with Crippen molar-refractivity contribution < 1.29 is 27.1 Å². The molecule has 0 radical (unpaired) electrons. The second-order valence-corrected chi connectivity index (χ2v) is 6.49. The zero-order chi connectivity index (χ0) is 22.3. The number of ether oxygens (including phenoxy) is 1. The molecule has 31 heavy (non-hydrogen) atoms. The van der Waals surface area contributed by atoms with Crippen molar-refractivity contribution in [3.8, 4) is 11.3 Å². The molecule has 3 heterocycles. The van der Waals surface area contributed by atoms with E-state index in [-0.39, 0.29) is 33.8 Å². The molecule has 4 rings (SSSR count). The Hall–Kier alpha value is -3.96. The number of carbonyl (C=O) groups excluding carboxylic acids is 1. The van der Waals surface area contributed by atoms with Crippen molar-refractivity contribution in [2.24, 2.45) is 0 Å². The Morgan fingerprint density at radius 1 is 1.23 bits per heavy atom. The Morgan fingerprint density at radius 3 is 2.71 bits per heavy atom. The van der Waals surface area contributed by atoms with Gasteiger partial charge in [-0.25, -0.2) is 19.2 Å². The lowest BCUT2D eigenvalue weighted by Crippen LogP contribution is -2.08. The van der Waals surface area contributed by atoms with Gasteiger partial charge in [-0.15, -0.1) is 0 Å². The minimum atomic E-state index is -4.62. The summed E-state index contributed by atoms with van der Waals surface area (Å²) in [7, 11) is 1.15. The number of benzene rings is 1. The SMILES string of the molecule is COC(=O)c1ccc(Nc2nccn3c(-c4cn[nH]c4C(F)(F)F)cnc23)c(C)c1F. The highest BCUT2D eigenvalue weighted by atomic mass is 19.4. The van der Waals surface area contributed by atoms with Crippen molar-refractivity contribution in [3.63, 3.8) is 0 Å². The lowest BCUT2D eigenvalue weighted by Gasteiger charge is -2.12. The predicted octanol–water partition coefficient (Wildman–Crippen LogP) is 4.12. The summed E-state index contributed by atoms with van der Waals surface area (Å²) in [6, 6.07) is 2.73. The number of imidazole rings is 1. The number of nitrogens with zero attached hydrogens (tertiary/aromatic N) is 4. The minimum absolute atomic E-state index is 0.132. The Morgan fingerprint density at radius 2 is 2.00 bits per heavy atom. The largest absolute Gasteiger partial charge is 0.465 e. The van der Waals surface area contributed by atoms with E-state index in [0.29, 0.717) is 5.69 Å². The van der Waals surface area contributed by atoms with Crippen LogP contribution in [0.3, 0.4) is 0 Å². The molecule has 12 heteroatoms. The maximum absolute atomic E-state index is 14.6. The molecule has 1 aromatic carbocycles.